The van der Waals surface area contributed by atoms with Crippen LogP contribution in [-0.4, -0.2) is 48.9 Å². The van der Waals surface area contributed by atoms with Gasteiger partial charge in [-0.05, 0) is 51.1 Å². The predicted molar refractivity (Wildman–Crippen MR) is 97.0 cm³/mol. The van der Waals surface area contributed by atoms with Crippen molar-refractivity contribution in [2.24, 2.45) is 0 Å². The maximum Gasteiger partial charge on any atom is 0.254 e. The van der Waals surface area contributed by atoms with Crippen molar-refractivity contribution in [3.8, 4) is 0 Å². The predicted octanol–water partition coefficient (Wildman–Crippen LogP) is 2.20. The van der Waals surface area contributed by atoms with Crippen LogP contribution < -0.4 is 10.6 Å². The SMILES string of the molecule is CNC(C)CNC(=O)C1CCCN1C(=O)c1ccc(Br)cc1.Cl. The van der Waals surface area contributed by atoms with E-state index in [-0.39, 0.29) is 36.3 Å². The molecule has 128 valence electrons. The standard InChI is InChI=1S/C16H22BrN3O2.ClH/c1-11(18-2)10-19-15(21)14-4-3-9-20(14)16(22)12-5-7-13(17)8-6-12;/h5-8,11,14,18H,3-4,9-10H2,1-2H3,(H,19,21);1H. The number of rotatable bonds is 5. The van der Waals surface area contributed by atoms with Crippen molar-refractivity contribution in [3.05, 3.63) is 34.3 Å². The monoisotopic (exact) mass is 403 g/mol. The summed E-state index contributed by atoms with van der Waals surface area (Å²) >= 11 is 3.36. The van der Waals surface area contributed by atoms with Crippen molar-refractivity contribution < 1.29 is 9.59 Å². The van der Waals surface area contributed by atoms with E-state index in [4.69, 9.17) is 0 Å². The summed E-state index contributed by atoms with van der Waals surface area (Å²) in [6.45, 7) is 3.19. The minimum absolute atomic E-state index is 0. The zero-order valence-corrected chi connectivity index (χ0v) is 15.7. The highest BCUT2D eigenvalue weighted by Crippen LogP contribution is 2.21. The molecule has 0 radical (unpaired) electrons. The van der Waals surface area contributed by atoms with Crippen molar-refractivity contribution in [1.82, 2.24) is 15.5 Å². The van der Waals surface area contributed by atoms with E-state index in [9.17, 15) is 9.59 Å². The summed E-state index contributed by atoms with van der Waals surface area (Å²) in [4.78, 5) is 26.6. The van der Waals surface area contributed by atoms with Gasteiger partial charge in [0.25, 0.3) is 5.91 Å². The van der Waals surface area contributed by atoms with E-state index in [1.807, 2.05) is 26.1 Å². The zero-order chi connectivity index (χ0) is 16.1. The smallest absolute Gasteiger partial charge is 0.254 e. The van der Waals surface area contributed by atoms with Gasteiger partial charge in [0.1, 0.15) is 6.04 Å². The molecule has 2 amide bonds. The van der Waals surface area contributed by atoms with Crippen molar-refractivity contribution >= 4 is 40.2 Å². The summed E-state index contributed by atoms with van der Waals surface area (Å²) in [5.74, 6) is -0.142. The third kappa shape index (κ3) is 5.19. The lowest BCUT2D eigenvalue weighted by Gasteiger charge is -2.24. The highest BCUT2D eigenvalue weighted by Gasteiger charge is 2.34. The molecule has 2 rings (SSSR count). The Labute approximate surface area is 151 Å². The van der Waals surface area contributed by atoms with Crippen LogP contribution >= 0.6 is 28.3 Å². The molecule has 0 saturated carbocycles. The molecular formula is C16H23BrClN3O2. The molecule has 0 aromatic heterocycles. The van der Waals surface area contributed by atoms with Crippen LogP contribution in [0.15, 0.2) is 28.7 Å². The molecule has 7 heteroatoms. The molecule has 1 saturated heterocycles. The molecular weight excluding hydrogens is 382 g/mol. The topological polar surface area (TPSA) is 61.4 Å². The molecule has 2 N–H and O–H groups in total. The van der Waals surface area contributed by atoms with Crippen LogP contribution in [0.25, 0.3) is 0 Å². The Kier molecular flexibility index (Phi) is 8.02. The van der Waals surface area contributed by atoms with Gasteiger partial charge in [0, 0.05) is 29.2 Å². The molecule has 0 bridgehead atoms. The van der Waals surface area contributed by atoms with Gasteiger partial charge in [-0.2, -0.15) is 0 Å². The fourth-order valence-corrected chi connectivity index (χ4v) is 2.78. The molecule has 5 nitrogen and oxygen atoms in total. The van der Waals surface area contributed by atoms with Crippen LogP contribution in [0.5, 0.6) is 0 Å². The second-order valence-corrected chi connectivity index (χ2v) is 6.51. The zero-order valence-electron chi connectivity index (χ0n) is 13.3. The summed E-state index contributed by atoms with van der Waals surface area (Å²) in [5, 5.41) is 5.99. The third-order valence-electron chi connectivity index (χ3n) is 3.98. The summed E-state index contributed by atoms with van der Waals surface area (Å²) in [5.41, 5.74) is 0.617. The summed E-state index contributed by atoms with van der Waals surface area (Å²) in [7, 11) is 1.86. The number of halogens is 2. The molecule has 1 aromatic rings. The molecule has 1 fully saturated rings. The van der Waals surface area contributed by atoms with Gasteiger partial charge in [-0.25, -0.2) is 0 Å². The lowest BCUT2D eigenvalue weighted by Crippen LogP contribution is -2.48. The summed E-state index contributed by atoms with van der Waals surface area (Å²) in [6.07, 6.45) is 1.59. The van der Waals surface area contributed by atoms with Gasteiger partial charge < -0.3 is 15.5 Å². The average Bonchev–Trinajstić information content (AvgIpc) is 3.01. The maximum absolute atomic E-state index is 12.6. The Morgan fingerprint density at radius 3 is 2.61 bits per heavy atom. The van der Waals surface area contributed by atoms with E-state index in [0.717, 1.165) is 17.3 Å². The second-order valence-electron chi connectivity index (χ2n) is 5.60. The van der Waals surface area contributed by atoms with E-state index in [0.29, 0.717) is 18.7 Å². The molecule has 2 atom stereocenters. The molecule has 1 aliphatic rings. The van der Waals surface area contributed by atoms with Crippen LogP contribution in [0.4, 0.5) is 0 Å². The van der Waals surface area contributed by atoms with Gasteiger partial charge >= 0.3 is 0 Å². The highest BCUT2D eigenvalue weighted by atomic mass is 79.9. The first kappa shape index (κ1) is 19.9. The quantitative estimate of drug-likeness (QED) is 0.791. The molecule has 0 spiro atoms. The number of likely N-dealkylation sites (N-methyl/N-ethyl adjacent to an activating group) is 1. The van der Waals surface area contributed by atoms with Gasteiger partial charge in [0.15, 0.2) is 0 Å². The van der Waals surface area contributed by atoms with Crippen LogP contribution in [0.1, 0.15) is 30.1 Å². The van der Waals surface area contributed by atoms with Gasteiger partial charge in [-0.3, -0.25) is 9.59 Å². The van der Waals surface area contributed by atoms with E-state index in [1.54, 1.807) is 17.0 Å². The lowest BCUT2D eigenvalue weighted by molar-refractivity contribution is -0.124. The summed E-state index contributed by atoms with van der Waals surface area (Å²) in [6, 6.07) is 7.09. The Morgan fingerprint density at radius 2 is 2.00 bits per heavy atom. The Bertz CT molecular complexity index is 539. The number of likely N-dealkylation sites (tertiary alicyclic amines) is 1. The molecule has 2 unspecified atom stereocenters. The molecule has 23 heavy (non-hydrogen) atoms. The maximum atomic E-state index is 12.6. The van der Waals surface area contributed by atoms with E-state index in [2.05, 4.69) is 26.6 Å². The number of amides is 2. The first-order valence-corrected chi connectivity index (χ1v) is 8.33. The van der Waals surface area contributed by atoms with Crippen molar-refractivity contribution in [3.63, 3.8) is 0 Å². The fraction of sp³-hybridized carbons (Fsp3) is 0.500. The van der Waals surface area contributed by atoms with Crippen molar-refractivity contribution in [2.45, 2.75) is 31.8 Å². The summed E-state index contributed by atoms with van der Waals surface area (Å²) < 4.78 is 0.931. The minimum Gasteiger partial charge on any atom is -0.353 e. The minimum atomic E-state index is -0.361. The van der Waals surface area contributed by atoms with E-state index < -0.39 is 0 Å². The molecule has 1 heterocycles. The van der Waals surface area contributed by atoms with Crippen LogP contribution in [0, 0.1) is 0 Å². The molecule has 1 aliphatic heterocycles. The van der Waals surface area contributed by atoms with Gasteiger partial charge in [-0.15, -0.1) is 12.4 Å². The number of benzene rings is 1. The van der Waals surface area contributed by atoms with Crippen LogP contribution in [0.3, 0.4) is 0 Å². The van der Waals surface area contributed by atoms with Gasteiger partial charge in [-0.1, -0.05) is 15.9 Å². The van der Waals surface area contributed by atoms with Gasteiger partial charge in [0.05, 0.1) is 0 Å². The van der Waals surface area contributed by atoms with E-state index in [1.165, 1.54) is 0 Å². The van der Waals surface area contributed by atoms with Crippen LogP contribution in [-0.2, 0) is 4.79 Å². The average molecular weight is 405 g/mol. The van der Waals surface area contributed by atoms with Crippen molar-refractivity contribution in [2.75, 3.05) is 20.1 Å². The number of carbonyl (C=O) groups excluding carboxylic acids is 2. The Balaban J connectivity index is 0.00000264. The first-order valence-electron chi connectivity index (χ1n) is 7.54. The lowest BCUT2D eigenvalue weighted by atomic mass is 10.1. The normalized spacial score (nSPS) is 18.2. The fourth-order valence-electron chi connectivity index (χ4n) is 2.51. The van der Waals surface area contributed by atoms with E-state index >= 15 is 0 Å². The number of hydrogen-bond donors (Lipinski definition) is 2. The number of hydrogen-bond acceptors (Lipinski definition) is 3. The molecule has 1 aromatic carbocycles. The second kappa shape index (κ2) is 9.25. The largest absolute Gasteiger partial charge is 0.353 e. The molecule has 0 aliphatic carbocycles. The number of nitrogens with zero attached hydrogens (tertiary/aromatic N) is 1. The number of nitrogens with one attached hydrogen (secondary N) is 2. The Hall–Kier alpha value is -1.11. The Morgan fingerprint density at radius 1 is 1.35 bits per heavy atom. The highest BCUT2D eigenvalue weighted by molar-refractivity contribution is 9.10. The van der Waals surface area contributed by atoms with Crippen LogP contribution in [0.2, 0.25) is 0 Å². The third-order valence-corrected chi connectivity index (χ3v) is 4.51. The van der Waals surface area contributed by atoms with Gasteiger partial charge in [0.2, 0.25) is 5.91 Å². The van der Waals surface area contributed by atoms with Crippen molar-refractivity contribution in [1.29, 1.82) is 0 Å². The first-order chi connectivity index (χ1) is 10.5. The number of carbonyl (C=O) groups is 2.